The third-order valence-corrected chi connectivity index (χ3v) is 6.71. The molecule has 0 radical (unpaired) electrons. The number of benzene rings is 1. The maximum Gasteiger partial charge on any atom is 0.118 e. The monoisotopic (exact) mass is 312 g/mol. The highest BCUT2D eigenvalue weighted by Gasteiger charge is 2.52. The third kappa shape index (κ3) is 2.71. The van der Waals surface area contributed by atoms with E-state index in [4.69, 9.17) is 4.74 Å². The Morgan fingerprint density at radius 3 is 2.13 bits per heavy atom. The Morgan fingerprint density at radius 1 is 1.13 bits per heavy atom. The Morgan fingerprint density at radius 2 is 1.65 bits per heavy atom. The van der Waals surface area contributed by atoms with Crippen LogP contribution >= 0.6 is 0 Å². The molecule has 2 heteroatoms. The lowest BCUT2D eigenvalue weighted by molar-refractivity contribution is -0.0407. The van der Waals surface area contributed by atoms with E-state index in [9.17, 15) is 5.11 Å². The molecule has 0 spiro atoms. The lowest BCUT2D eigenvalue weighted by Crippen LogP contribution is -2.48. The summed E-state index contributed by atoms with van der Waals surface area (Å²) in [4.78, 5) is 0. The van der Waals surface area contributed by atoms with Gasteiger partial charge < -0.3 is 9.84 Å². The van der Waals surface area contributed by atoms with Crippen LogP contribution in [0.25, 0.3) is 0 Å². The van der Waals surface area contributed by atoms with Gasteiger partial charge in [0.2, 0.25) is 0 Å². The van der Waals surface area contributed by atoms with Gasteiger partial charge in [0.15, 0.2) is 0 Å². The predicted molar refractivity (Wildman–Crippen MR) is 92.4 cm³/mol. The number of aliphatic hydroxyl groups excluding tert-OH is 1. The molecule has 1 unspecified atom stereocenters. The van der Waals surface area contributed by atoms with Crippen LogP contribution in [0, 0.1) is 23.2 Å². The molecule has 0 heterocycles. The van der Waals surface area contributed by atoms with E-state index in [1.54, 1.807) is 7.11 Å². The minimum absolute atomic E-state index is 0.237. The van der Waals surface area contributed by atoms with Crippen LogP contribution in [-0.4, -0.2) is 18.3 Å². The number of hydrogen-bond acceptors (Lipinski definition) is 2. The summed E-state index contributed by atoms with van der Waals surface area (Å²) in [6, 6.07) is 8.04. The van der Waals surface area contributed by atoms with E-state index in [2.05, 4.69) is 18.7 Å². The summed E-state index contributed by atoms with van der Waals surface area (Å²) in [7, 11) is 1.68. The van der Waals surface area contributed by atoms with Crippen LogP contribution in [0.5, 0.6) is 5.75 Å². The molecule has 4 saturated carbocycles. The molecule has 1 aromatic rings. The molecule has 0 amide bonds. The third-order valence-electron chi connectivity index (χ3n) is 6.71. The van der Waals surface area contributed by atoms with Crippen molar-refractivity contribution < 1.29 is 9.84 Å². The highest BCUT2D eigenvalue weighted by atomic mass is 16.5. The van der Waals surface area contributed by atoms with Gasteiger partial charge in [-0.15, -0.1) is 0 Å². The smallest absolute Gasteiger partial charge is 0.118 e. The molecule has 4 bridgehead atoms. The molecule has 5 rings (SSSR count). The van der Waals surface area contributed by atoms with Gasteiger partial charge in [-0.1, -0.05) is 18.7 Å². The largest absolute Gasteiger partial charge is 0.497 e. The first-order valence-electron chi connectivity index (χ1n) is 9.08. The molecule has 1 N–H and O–H groups in total. The molecule has 23 heavy (non-hydrogen) atoms. The molecule has 1 aromatic carbocycles. The van der Waals surface area contributed by atoms with E-state index < -0.39 is 6.10 Å². The van der Waals surface area contributed by atoms with Crippen LogP contribution in [0.1, 0.15) is 44.1 Å². The summed E-state index contributed by atoms with van der Waals surface area (Å²) in [6.07, 6.45) is 8.38. The van der Waals surface area contributed by atoms with Crippen LogP contribution in [0.4, 0.5) is 0 Å². The van der Waals surface area contributed by atoms with E-state index >= 15 is 0 Å². The van der Waals surface area contributed by atoms with Crippen molar-refractivity contribution >= 4 is 0 Å². The van der Waals surface area contributed by atoms with Crippen molar-refractivity contribution in [3.63, 3.8) is 0 Å². The lowest BCUT2D eigenvalue weighted by Gasteiger charge is -2.58. The Kier molecular flexibility index (Phi) is 3.76. The zero-order valence-corrected chi connectivity index (χ0v) is 14.1. The van der Waals surface area contributed by atoms with Crippen molar-refractivity contribution in [3.8, 4) is 5.75 Å². The second kappa shape index (κ2) is 5.66. The maximum absolute atomic E-state index is 10.8. The fraction of sp³-hybridized carbons (Fsp3) is 0.619. The van der Waals surface area contributed by atoms with E-state index in [1.165, 1.54) is 38.5 Å². The van der Waals surface area contributed by atoms with Gasteiger partial charge in [-0.25, -0.2) is 0 Å². The summed E-state index contributed by atoms with van der Waals surface area (Å²) >= 11 is 0. The van der Waals surface area contributed by atoms with Crippen molar-refractivity contribution in [2.24, 2.45) is 23.2 Å². The molecule has 4 aliphatic rings. The van der Waals surface area contributed by atoms with Crippen molar-refractivity contribution in [2.75, 3.05) is 7.11 Å². The Labute approximate surface area is 139 Å². The SMILES string of the molecule is C=C(C(O)Cc1ccc(OC)cc1)C12CC3CC(CC(C3)C1)C2. The molecule has 0 aromatic heterocycles. The Bertz CT molecular complexity index is 551. The van der Waals surface area contributed by atoms with Gasteiger partial charge in [0.25, 0.3) is 0 Å². The van der Waals surface area contributed by atoms with Crippen LogP contribution in [0.3, 0.4) is 0 Å². The molecule has 0 saturated heterocycles. The summed E-state index contributed by atoms with van der Waals surface area (Å²) in [5, 5.41) is 10.8. The second-order valence-electron chi connectivity index (χ2n) is 8.29. The number of aliphatic hydroxyl groups is 1. The lowest BCUT2D eigenvalue weighted by atomic mass is 9.47. The van der Waals surface area contributed by atoms with Gasteiger partial charge >= 0.3 is 0 Å². The molecular formula is C21H28O2. The summed E-state index contributed by atoms with van der Waals surface area (Å²) in [6.45, 7) is 4.40. The zero-order chi connectivity index (χ0) is 16.0. The Balaban J connectivity index is 1.47. The highest BCUT2D eigenvalue weighted by molar-refractivity contribution is 5.30. The minimum atomic E-state index is -0.417. The second-order valence-corrected chi connectivity index (χ2v) is 8.29. The van der Waals surface area contributed by atoms with Crippen LogP contribution in [0.2, 0.25) is 0 Å². The standard InChI is InChI=1S/C21H28O2/c1-14(20(22)10-15-3-5-19(23-2)6-4-15)21-11-16-7-17(12-21)9-18(8-16)13-21/h3-6,16-18,20,22H,1,7-13H2,2H3. The van der Waals surface area contributed by atoms with Gasteiger partial charge in [-0.3, -0.25) is 0 Å². The molecule has 1 atom stereocenters. The predicted octanol–water partition coefficient (Wildman–Crippen LogP) is 4.37. The Hall–Kier alpha value is -1.28. The number of hydrogen-bond donors (Lipinski definition) is 1. The van der Waals surface area contributed by atoms with Crippen molar-refractivity contribution in [2.45, 2.75) is 51.0 Å². The molecular weight excluding hydrogens is 284 g/mol. The first kappa shape index (κ1) is 15.3. The van der Waals surface area contributed by atoms with Gasteiger partial charge in [0.05, 0.1) is 13.2 Å². The van der Waals surface area contributed by atoms with E-state index in [1.807, 2.05) is 12.1 Å². The van der Waals surface area contributed by atoms with Crippen molar-refractivity contribution in [1.29, 1.82) is 0 Å². The summed E-state index contributed by atoms with van der Waals surface area (Å²) in [5.74, 6) is 3.55. The molecule has 4 fully saturated rings. The van der Waals surface area contributed by atoms with Gasteiger partial charge in [-0.2, -0.15) is 0 Å². The van der Waals surface area contributed by atoms with Crippen LogP contribution in [0.15, 0.2) is 36.4 Å². The van der Waals surface area contributed by atoms with Gasteiger partial charge in [0, 0.05) is 6.42 Å². The van der Waals surface area contributed by atoms with E-state index in [0.717, 1.165) is 34.6 Å². The molecule has 2 nitrogen and oxygen atoms in total. The summed E-state index contributed by atoms with van der Waals surface area (Å²) < 4.78 is 5.21. The fourth-order valence-electron chi connectivity index (χ4n) is 5.97. The van der Waals surface area contributed by atoms with Crippen molar-refractivity contribution in [3.05, 3.63) is 42.0 Å². The van der Waals surface area contributed by atoms with E-state index in [-0.39, 0.29) is 5.41 Å². The van der Waals surface area contributed by atoms with Gasteiger partial charge in [0.1, 0.15) is 5.75 Å². The minimum Gasteiger partial charge on any atom is -0.497 e. The maximum atomic E-state index is 10.8. The molecule has 124 valence electrons. The van der Waals surface area contributed by atoms with Crippen molar-refractivity contribution in [1.82, 2.24) is 0 Å². The topological polar surface area (TPSA) is 29.5 Å². The van der Waals surface area contributed by atoms with Crippen LogP contribution < -0.4 is 4.74 Å². The molecule has 4 aliphatic carbocycles. The average Bonchev–Trinajstić information content (AvgIpc) is 2.53. The fourth-order valence-corrected chi connectivity index (χ4v) is 5.97. The normalized spacial score (nSPS) is 36.0. The number of ether oxygens (including phenoxy) is 1. The highest BCUT2D eigenvalue weighted by Crippen LogP contribution is 2.62. The van der Waals surface area contributed by atoms with Gasteiger partial charge in [-0.05, 0) is 85.0 Å². The quantitative estimate of drug-likeness (QED) is 0.818. The summed E-state index contributed by atoms with van der Waals surface area (Å²) in [5.41, 5.74) is 2.51. The van der Waals surface area contributed by atoms with Crippen LogP contribution in [-0.2, 0) is 6.42 Å². The first-order chi connectivity index (χ1) is 11.1. The molecule has 0 aliphatic heterocycles. The number of methoxy groups -OCH3 is 1. The van der Waals surface area contributed by atoms with E-state index in [0.29, 0.717) is 6.42 Å². The number of rotatable bonds is 5. The zero-order valence-electron chi connectivity index (χ0n) is 14.1. The first-order valence-corrected chi connectivity index (χ1v) is 9.08. The average molecular weight is 312 g/mol.